The van der Waals surface area contributed by atoms with E-state index in [2.05, 4.69) is 9.71 Å². The molecule has 2 N–H and O–H groups in total. The third kappa shape index (κ3) is 3.08. The summed E-state index contributed by atoms with van der Waals surface area (Å²) in [5.41, 5.74) is 0.966. The third-order valence-corrected chi connectivity index (χ3v) is 5.18. The van der Waals surface area contributed by atoms with Crippen LogP contribution in [0.25, 0.3) is 10.9 Å². The third-order valence-electron chi connectivity index (χ3n) is 3.83. The first-order chi connectivity index (χ1) is 11.7. The molecule has 0 aliphatic heterocycles. The van der Waals surface area contributed by atoms with Crippen molar-refractivity contribution in [2.24, 2.45) is 0 Å². The van der Waals surface area contributed by atoms with Crippen molar-refractivity contribution in [3.63, 3.8) is 0 Å². The minimum Gasteiger partial charge on any atom is -0.543 e. The van der Waals surface area contributed by atoms with Gasteiger partial charge < -0.3 is 14.9 Å². The number of nitrogens with one attached hydrogen (secondary N) is 2. The fourth-order valence-electron chi connectivity index (χ4n) is 2.54. The fourth-order valence-corrected chi connectivity index (χ4v) is 3.72. The maximum absolute atomic E-state index is 13.4. The van der Waals surface area contributed by atoms with Crippen LogP contribution in [0.5, 0.6) is 0 Å². The zero-order chi connectivity index (χ0) is 18.4. The monoisotopic (exact) mass is 361 g/mol. The number of hydrogen-bond acceptors (Lipinski definition) is 4. The maximum atomic E-state index is 13.4. The number of halogens is 1. The number of aryl methyl sites for hydroxylation is 2. The van der Waals surface area contributed by atoms with E-state index in [1.165, 1.54) is 13.0 Å². The Morgan fingerprint density at radius 2 is 1.88 bits per heavy atom. The van der Waals surface area contributed by atoms with Crippen molar-refractivity contribution < 1.29 is 22.7 Å². The van der Waals surface area contributed by atoms with Gasteiger partial charge in [-0.15, -0.1) is 0 Å². The molecular weight excluding hydrogens is 347 g/mol. The summed E-state index contributed by atoms with van der Waals surface area (Å²) >= 11 is 0. The molecular formula is C17H14FN2O4S-. The van der Waals surface area contributed by atoms with Crippen molar-refractivity contribution in [3.8, 4) is 0 Å². The van der Waals surface area contributed by atoms with Crippen molar-refractivity contribution in [2.75, 3.05) is 4.72 Å². The summed E-state index contributed by atoms with van der Waals surface area (Å²) in [6, 6.07) is 8.41. The molecule has 6 nitrogen and oxygen atoms in total. The smallest absolute Gasteiger partial charge is 0.261 e. The number of benzene rings is 2. The number of carbonyl (C=O) groups is 1. The molecule has 0 saturated carbocycles. The van der Waals surface area contributed by atoms with Crippen molar-refractivity contribution in [2.45, 2.75) is 18.7 Å². The summed E-state index contributed by atoms with van der Waals surface area (Å²) in [5, 5.41) is 11.8. The molecule has 0 aliphatic rings. The molecule has 0 aliphatic carbocycles. The lowest BCUT2D eigenvalue weighted by molar-refractivity contribution is -0.255. The van der Waals surface area contributed by atoms with E-state index in [1.54, 1.807) is 25.1 Å². The second kappa shape index (κ2) is 5.89. The molecule has 0 fully saturated rings. The summed E-state index contributed by atoms with van der Waals surface area (Å²) < 4.78 is 40.9. The summed E-state index contributed by atoms with van der Waals surface area (Å²) in [5.74, 6) is -2.07. The highest BCUT2D eigenvalue weighted by Gasteiger charge is 2.21. The van der Waals surface area contributed by atoms with E-state index in [-0.39, 0.29) is 21.8 Å². The van der Waals surface area contributed by atoms with E-state index in [4.69, 9.17) is 0 Å². The molecule has 2 aromatic carbocycles. The number of carboxylic acid groups (broad SMARTS) is 1. The largest absolute Gasteiger partial charge is 0.543 e. The number of carbonyl (C=O) groups excluding carboxylic acids is 1. The average molecular weight is 361 g/mol. The van der Waals surface area contributed by atoms with Gasteiger partial charge in [0.25, 0.3) is 10.0 Å². The molecule has 0 saturated heterocycles. The van der Waals surface area contributed by atoms with Gasteiger partial charge >= 0.3 is 0 Å². The molecule has 1 aromatic heterocycles. The minimum atomic E-state index is -4.11. The second-order valence-corrected chi connectivity index (χ2v) is 7.41. The number of anilines is 1. The van der Waals surface area contributed by atoms with Gasteiger partial charge in [-0.2, -0.15) is 0 Å². The van der Waals surface area contributed by atoms with Gasteiger partial charge in [-0.1, -0.05) is 11.6 Å². The predicted octanol–water partition coefficient (Wildman–Crippen LogP) is 2.09. The average Bonchev–Trinajstić information content (AvgIpc) is 2.87. The lowest BCUT2D eigenvalue weighted by atomic mass is 10.1. The Morgan fingerprint density at radius 3 is 2.52 bits per heavy atom. The number of aromatic nitrogens is 1. The number of fused-ring (bicyclic) bond motifs is 1. The number of hydrogen-bond donors (Lipinski definition) is 2. The van der Waals surface area contributed by atoms with Crippen LogP contribution < -0.4 is 9.83 Å². The van der Waals surface area contributed by atoms with Crippen molar-refractivity contribution >= 4 is 32.6 Å². The lowest BCUT2D eigenvalue weighted by Gasteiger charge is -2.11. The van der Waals surface area contributed by atoms with E-state index in [9.17, 15) is 22.7 Å². The Balaban J connectivity index is 2.15. The molecule has 1 heterocycles. The number of aromatic carboxylic acids is 1. The van der Waals surface area contributed by atoms with Gasteiger partial charge in [0.05, 0.1) is 22.2 Å². The minimum absolute atomic E-state index is 0.110. The number of carboxylic acids is 1. The second-order valence-electron chi connectivity index (χ2n) is 5.73. The Kier molecular flexibility index (Phi) is 4.00. The van der Waals surface area contributed by atoms with Crippen LogP contribution in [0.1, 0.15) is 21.6 Å². The molecule has 0 amide bonds. The molecule has 130 valence electrons. The number of rotatable bonds is 4. The first-order valence-electron chi connectivity index (χ1n) is 7.31. The first-order valence-corrected chi connectivity index (χ1v) is 8.80. The maximum Gasteiger partial charge on any atom is 0.261 e. The van der Waals surface area contributed by atoms with E-state index in [1.807, 2.05) is 0 Å². The zero-order valence-corrected chi connectivity index (χ0v) is 14.2. The van der Waals surface area contributed by atoms with Gasteiger partial charge in [0.15, 0.2) is 0 Å². The lowest BCUT2D eigenvalue weighted by Crippen LogP contribution is -2.25. The Morgan fingerprint density at radius 1 is 1.16 bits per heavy atom. The summed E-state index contributed by atoms with van der Waals surface area (Å²) in [6.07, 6.45) is 0. The standard InChI is InChI=1S/C17H15FN2O4S/c1-9-3-6-14-12(7-9)15(16(19-14)17(21)22)20-25(23,24)11-4-5-13(18)10(2)8-11/h3-8,19-20H,1-2H3,(H,21,22)/p-1. The molecule has 0 radical (unpaired) electrons. The summed E-state index contributed by atoms with van der Waals surface area (Å²) in [7, 11) is -4.11. The Labute approximate surface area is 143 Å². The van der Waals surface area contributed by atoms with Crippen LogP contribution in [0.4, 0.5) is 10.1 Å². The van der Waals surface area contributed by atoms with Crippen LogP contribution in [-0.2, 0) is 10.0 Å². The molecule has 8 heteroatoms. The molecule has 3 rings (SSSR count). The van der Waals surface area contributed by atoms with Crippen molar-refractivity contribution in [3.05, 3.63) is 59.0 Å². The van der Waals surface area contributed by atoms with Crippen LogP contribution in [-0.4, -0.2) is 19.4 Å². The van der Waals surface area contributed by atoms with Crippen molar-refractivity contribution in [1.29, 1.82) is 0 Å². The van der Waals surface area contributed by atoms with Gasteiger partial charge in [-0.05, 0) is 49.7 Å². The normalized spacial score (nSPS) is 11.6. The van der Waals surface area contributed by atoms with Crippen LogP contribution in [0.2, 0.25) is 0 Å². The van der Waals surface area contributed by atoms with E-state index >= 15 is 0 Å². The highest BCUT2D eigenvalue weighted by Crippen LogP contribution is 2.30. The topological polar surface area (TPSA) is 102 Å². The number of sulfonamides is 1. The Bertz CT molecular complexity index is 1100. The van der Waals surface area contributed by atoms with Crippen LogP contribution in [0.15, 0.2) is 41.3 Å². The summed E-state index contributed by atoms with van der Waals surface area (Å²) in [6.45, 7) is 3.24. The highest BCUT2D eigenvalue weighted by atomic mass is 32.2. The predicted molar refractivity (Wildman–Crippen MR) is 89.3 cm³/mol. The van der Waals surface area contributed by atoms with Crippen molar-refractivity contribution in [1.82, 2.24) is 4.98 Å². The first kappa shape index (κ1) is 17.0. The summed E-state index contributed by atoms with van der Waals surface area (Å²) in [4.78, 5) is 13.8. The molecule has 3 aromatic rings. The van der Waals surface area contributed by atoms with Crippen LogP contribution in [0, 0.1) is 19.7 Å². The van der Waals surface area contributed by atoms with Crippen LogP contribution in [0.3, 0.4) is 0 Å². The van der Waals surface area contributed by atoms with Gasteiger partial charge in [0.2, 0.25) is 0 Å². The molecule has 0 atom stereocenters. The van der Waals surface area contributed by atoms with Crippen LogP contribution >= 0.6 is 0 Å². The van der Waals surface area contributed by atoms with E-state index in [0.29, 0.717) is 10.9 Å². The Hall–Kier alpha value is -2.87. The van der Waals surface area contributed by atoms with E-state index < -0.39 is 21.8 Å². The molecule has 0 unspecified atom stereocenters. The number of H-pyrrole nitrogens is 1. The SMILES string of the molecule is Cc1ccc2[nH]c(C(=O)[O-])c(NS(=O)(=O)c3ccc(F)c(C)c3)c2c1. The van der Waals surface area contributed by atoms with Gasteiger partial charge in [0, 0.05) is 10.9 Å². The quantitative estimate of drug-likeness (QED) is 0.743. The van der Waals surface area contributed by atoms with Gasteiger partial charge in [-0.3, -0.25) is 4.72 Å². The fraction of sp³-hybridized carbons (Fsp3) is 0.118. The van der Waals surface area contributed by atoms with Gasteiger partial charge in [-0.25, -0.2) is 12.8 Å². The molecule has 25 heavy (non-hydrogen) atoms. The molecule has 0 bridgehead atoms. The van der Waals surface area contributed by atoms with Gasteiger partial charge in [0.1, 0.15) is 5.82 Å². The molecule has 0 spiro atoms. The number of aromatic amines is 1. The zero-order valence-electron chi connectivity index (χ0n) is 13.4. The van der Waals surface area contributed by atoms with E-state index in [0.717, 1.165) is 17.7 Å². The highest BCUT2D eigenvalue weighted by molar-refractivity contribution is 7.92.